The van der Waals surface area contributed by atoms with E-state index in [1.54, 1.807) is 12.1 Å². The Bertz CT molecular complexity index is 503. The van der Waals surface area contributed by atoms with Crippen molar-refractivity contribution in [2.45, 2.75) is 0 Å². The van der Waals surface area contributed by atoms with E-state index in [1.807, 2.05) is 0 Å². The lowest BCUT2D eigenvalue weighted by Crippen LogP contribution is -2.44. The quantitative estimate of drug-likeness (QED) is 0.537. The van der Waals surface area contributed by atoms with Gasteiger partial charge in [-0.15, -0.1) is 0 Å². The highest BCUT2D eigenvalue weighted by Gasteiger charge is 2.10. The van der Waals surface area contributed by atoms with Gasteiger partial charge in [0.25, 0.3) is 0 Å². The van der Waals surface area contributed by atoms with Crippen molar-refractivity contribution in [3.8, 4) is 0 Å². The number of nitrogens with one attached hydrogen (secondary N) is 3. The van der Waals surface area contributed by atoms with Crippen molar-refractivity contribution in [1.29, 1.82) is 0 Å². The average molecular weight is 384 g/mol. The van der Waals surface area contributed by atoms with E-state index in [1.165, 1.54) is 0 Å². The Morgan fingerprint density at radius 3 is 2.45 bits per heavy atom. The average Bonchev–Trinajstić information content (AvgIpc) is 2.47. The molecule has 0 aliphatic carbocycles. The molecular weight excluding hydrogens is 367 g/mol. The molecule has 2 rings (SSSR count). The molecule has 0 saturated carbocycles. The first kappa shape index (κ1) is 17.8. The fourth-order valence-electron chi connectivity index (χ4n) is 1.98. The molecule has 0 bridgehead atoms. The smallest absolute Gasteiger partial charge is 0.185 e. The number of ether oxygens (including phenoxy) is 1. The van der Waals surface area contributed by atoms with Crippen molar-refractivity contribution >= 4 is 57.8 Å². The van der Waals surface area contributed by atoms with Crippen LogP contribution < -0.4 is 16.2 Å². The standard InChI is InChI=1S/C13H17Cl3N4OS/c14-9-7-10(15)12(11(16)8-9)18-19-13(22)17-1-2-20-3-5-21-6-4-20/h7-8,18H,1-6H2,(H2,17,19,22). The maximum absolute atomic E-state index is 6.07. The van der Waals surface area contributed by atoms with Gasteiger partial charge in [0.05, 0.1) is 28.9 Å². The third-order valence-corrected chi connectivity index (χ3v) is 4.19. The molecule has 0 unspecified atom stereocenters. The van der Waals surface area contributed by atoms with Crippen molar-refractivity contribution in [1.82, 2.24) is 15.6 Å². The van der Waals surface area contributed by atoms with Gasteiger partial charge in [-0.1, -0.05) is 34.8 Å². The first-order chi connectivity index (χ1) is 10.6. The van der Waals surface area contributed by atoms with Crippen molar-refractivity contribution in [3.05, 3.63) is 27.2 Å². The summed E-state index contributed by atoms with van der Waals surface area (Å²) < 4.78 is 5.30. The lowest BCUT2D eigenvalue weighted by atomic mass is 10.3. The third-order valence-electron chi connectivity index (χ3n) is 3.13. The van der Waals surface area contributed by atoms with Gasteiger partial charge < -0.3 is 10.1 Å². The number of morpholine rings is 1. The highest BCUT2D eigenvalue weighted by Crippen LogP contribution is 2.32. The van der Waals surface area contributed by atoms with Crippen LogP contribution in [0.25, 0.3) is 0 Å². The number of benzene rings is 1. The molecule has 0 atom stereocenters. The molecule has 1 heterocycles. The minimum Gasteiger partial charge on any atom is -0.379 e. The number of rotatable bonds is 5. The summed E-state index contributed by atoms with van der Waals surface area (Å²) in [4.78, 5) is 2.32. The molecule has 0 spiro atoms. The predicted molar refractivity (Wildman–Crippen MR) is 96.1 cm³/mol. The van der Waals surface area contributed by atoms with E-state index < -0.39 is 0 Å². The van der Waals surface area contributed by atoms with Gasteiger partial charge in [-0.2, -0.15) is 0 Å². The van der Waals surface area contributed by atoms with Crippen LogP contribution in [0.5, 0.6) is 0 Å². The first-order valence-electron chi connectivity index (χ1n) is 6.81. The molecule has 0 radical (unpaired) electrons. The fraction of sp³-hybridized carbons (Fsp3) is 0.462. The van der Waals surface area contributed by atoms with Crippen molar-refractivity contribution < 1.29 is 4.74 Å². The molecule has 5 nitrogen and oxygen atoms in total. The summed E-state index contributed by atoms with van der Waals surface area (Å²) in [6.07, 6.45) is 0. The summed E-state index contributed by atoms with van der Waals surface area (Å²) >= 11 is 23.2. The number of hydrogen-bond acceptors (Lipinski definition) is 4. The van der Waals surface area contributed by atoms with Gasteiger partial charge in [-0.05, 0) is 24.4 Å². The molecule has 1 aliphatic rings. The maximum Gasteiger partial charge on any atom is 0.185 e. The minimum absolute atomic E-state index is 0.418. The topological polar surface area (TPSA) is 48.6 Å². The minimum atomic E-state index is 0.418. The van der Waals surface area contributed by atoms with E-state index in [2.05, 4.69) is 21.1 Å². The number of nitrogens with zero attached hydrogens (tertiary/aromatic N) is 1. The molecule has 122 valence electrons. The molecule has 1 fully saturated rings. The van der Waals surface area contributed by atoms with Crippen LogP contribution in [0.1, 0.15) is 0 Å². The molecule has 1 aromatic carbocycles. The van der Waals surface area contributed by atoms with Crippen LogP contribution in [-0.2, 0) is 4.74 Å². The van der Waals surface area contributed by atoms with Crippen molar-refractivity contribution in [2.75, 3.05) is 44.8 Å². The Hall–Kier alpha value is -0.500. The maximum atomic E-state index is 6.07. The second-order valence-corrected chi connectivity index (χ2v) is 6.36. The highest BCUT2D eigenvalue weighted by atomic mass is 35.5. The Kier molecular flexibility index (Phi) is 7.27. The van der Waals surface area contributed by atoms with E-state index in [4.69, 9.17) is 51.8 Å². The second kappa shape index (κ2) is 8.96. The zero-order valence-electron chi connectivity index (χ0n) is 11.8. The van der Waals surface area contributed by atoms with Gasteiger partial charge in [0.2, 0.25) is 0 Å². The first-order valence-corrected chi connectivity index (χ1v) is 8.35. The molecule has 0 amide bonds. The van der Waals surface area contributed by atoms with E-state index in [0.29, 0.717) is 25.9 Å². The summed E-state index contributed by atoms with van der Waals surface area (Å²) in [7, 11) is 0. The Morgan fingerprint density at radius 2 is 1.82 bits per heavy atom. The number of hydrogen-bond donors (Lipinski definition) is 3. The number of halogens is 3. The van der Waals surface area contributed by atoms with Crippen LogP contribution in [0.4, 0.5) is 5.69 Å². The van der Waals surface area contributed by atoms with Crippen LogP contribution in [0.3, 0.4) is 0 Å². The van der Waals surface area contributed by atoms with E-state index >= 15 is 0 Å². The summed E-state index contributed by atoms with van der Waals surface area (Å²) in [5, 5.41) is 4.90. The van der Waals surface area contributed by atoms with Gasteiger partial charge in [-0.3, -0.25) is 15.8 Å². The Balaban J connectivity index is 1.71. The third kappa shape index (κ3) is 5.61. The molecule has 1 aromatic rings. The second-order valence-electron chi connectivity index (χ2n) is 4.70. The molecule has 1 aliphatic heterocycles. The Morgan fingerprint density at radius 1 is 1.18 bits per heavy atom. The van der Waals surface area contributed by atoms with Gasteiger partial charge in [0.15, 0.2) is 5.11 Å². The molecule has 1 saturated heterocycles. The molecule has 22 heavy (non-hydrogen) atoms. The van der Waals surface area contributed by atoms with Crippen LogP contribution in [0.15, 0.2) is 12.1 Å². The lowest BCUT2D eigenvalue weighted by Gasteiger charge is -2.26. The number of thiocarbonyl (C=S) groups is 1. The van der Waals surface area contributed by atoms with Crippen molar-refractivity contribution in [2.24, 2.45) is 0 Å². The monoisotopic (exact) mass is 382 g/mol. The van der Waals surface area contributed by atoms with E-state index in [-0.39, 0.29) is 0 Å². The van der Waals surface area contributed by atoms with Crippen LogP contribution in [0, 0.1) is 0 Å². The van der Waals surface area contributed by atoms with Gasteiger partial charge in [0, 0.05) is 31.2 Å². The fourth-order valence-corrected chi connectivity index (χ4v) is 3.04. The van der Waals surface area contributed by atoms with Gasteiger partial charge in [0.1, 0.15) is 0 Å². The van der Waals surface area contributed by atoms with Gasteiger partial charge in [-0.25, -0.2) is 0 Å². The largest absolute Gasteiger partial charge is 0.379 e. The van der Waals surface area contributed by atoms with Crippen LogP contribution in [-0.4, -0.2) is 49.4 Å². The molecule has 0 aromatic heterocycles. The molecule has 9 heteroatoms. The van der Waals surface area contributed by atoms with Crippen molar-refractivity contribution in [3.63, 3.8) is 0 Å². The van der Waals surface area contributed by atoms with Crippen LogP contribution >= 0.6 is 47.0 Å². The van der Waals surface area contributed by atoms with E-state index in [0.717, 1.165) is 39.4 Å². The highest BCUT2D eigenvalue weighted by molar-refractivity contribution is 7.80. The molecular formula is C13H17Cl3N4OS. The zero-order valence-corrected chi connectivity index (χ0v) is 14.9. The van der Waals surface area contributed by atoms with Crippen LogP contribution in [0.2, 0.25) is 15.1 Å². The summed E-state index contributed by atoms with van der Waals surface area (Å²) in [5.41, 5.74) is 6.27. The molecule has 3 N–H and O–H groups in total. The van der Waals surface area contributed by atoms with Gasteiger partial charge >= 0.3 is 0 Å². The zero-order chi connectivity index (χ0) is 15.9. The predicted octanol–water partition coefficient (Wildman–Crippen LogP) is 2.77. The normalized spacial score (nSPS) is 15.4. The summed E-state index contributed by atoms with van der Waals surface area (Å²) in [6, 6.07) is 3.21. The summed E-state index contributed by atoms with van der Waals surface area (Å²) in [5.74, 6) is 0. The summed E-state index contributed by atoms with van der Waals surface area (Å²) in [6.45, 7) is 5.14. The number of anilines is 1. The SMILES string of the molecule is S=C(NCCN1CCOCC1)NNc1c(Cl)cc(Cl)cc1Cl. The Labute approximate surface area is 150 Å². The number of hydrazine groups is 1. The van der Waals surface area contributed by atoms with E-state index in [9.17, 15) is 0 Å². The lowest BCUT2D eigenvalue weighted by molar-refractivity contribution is 0.0389.